The SMILES string of the molecule is O=S(=O)(Cl)c1c(Cl)ncc(O)c1C(F)F. The van der Waals surface area contributed by atoms with Crippen LogP contribution in [0.15, 0.2) is 11.1 Å². The lowest BCUT2D eigenvalue weighted by Gasteiger charge is -2.08. The van der Waals surface area contributed by atoms with Gasteiger partial charge < -0.3 is 5.11 Å². The lowest BCUT2D eigenvalue weighted by atomic mass is 10.2. The maximum Gasteiger partial charge on any atom is 0.268 e. The molecule has 1 aromatic rings. The monoisotopic (exact) mass is 277 g/mol. The van der Waals surface area contributed by atoms with Crippen molar-refractivity contribution in [2.45, 2.75) is 11.3 Å². The van der Waals surface area contributed by atoms with Gasteiger partial charge in [0.15, 0.2) is 0 Å². The summed E-state index contributed by atoms with van der Waals surface area (Å²) in [5, 5.41) is 8.32. The lowest BCUT2D eigenvalue weighted by Crippen LogP contribution is -2.02. The molecule has 1 aromatic heterocycles. The molecule has 15 heavy (non-hydrogen) atoms. The van der Waals surface area contributed by atoms with E-state index in [2.05, 4.69) is 4.98 Å². The second-order valence-electron chi connectivity index (χ2n) is 2.42. The quantitative estimate of drug-likeness (QED) is 0.665. The Bertz CT molecular complexity index is 491. The highest BCUT2D eigenvalue weighted by molar-refractivity contribution is 8.13. The molecule has 0 aliphatic heterocycles. The second kappa shape index (κ2) is 4.07. The molecule has 0 bridgehead atoms. The van der Waals surface area contributed by atoms with E-state index in [0.717, 1.165) is 0 Å². The third kappa shape index (κ3) is 2.47. The Hall–Kier alpha value is -0.660. The van der Waals surface area contributed by atoms with E-state index >= 15 is 0 Å². The molecule has 0 unspecified atom stereocenters. The molecule has 1 rings (SSSR count). The smallest absolute Gasteiger partial charge is 0.268 e. The van der Waals surface area contributed by atoms with Crippen molar-refractivity contribution in [3.63, 3.8) is 0 Å². The summed E-state index contributed by atoms with van der Waals surface area (Å²) in [6.07, 6.45) is -2.61. The zero-order chi connectivity index (χ0) is 11.8. The van der Waals surface area contributed by atoms with Crippen LogP contribution in [0.3, 0.4) is 0 Å². The molecular formula is C6H3Cl2F2NO3S. The van der Waals surface area contributed by atoms with E-state index in [-0.39, 0.29) is 0 Å². The van der Waals surface area contributed by atoms with Gasteiger partial charge in [0, 0.05) is 10.7 Å². The average molecular weight is 278 g/mol. The molecule has 0 saturated carbocycles. The van der Waals surface area contributed by atoms with Gasteiger partial charge in [-0.25, -0.2) is 22.2 Å². The molecule has 0 radical (unpaired) electrons. The fourth-order valence-corrected chi connectivity index (χ4v) is 2.67. The number of hydrogen-bond donors (Lipinski definition) is 1. The van der Waals surface area contributed by atoms with E-state index in [1.54, 1.807) is 0 Å². The number of aromatic hydroxyl groups is 1. The van der Waals surface area contributed by atoms with Crippen molar-refractivity contribution in [3.8, 4) is 5.75 Å². The molecule has 0 amide bonds. The van der Waals surface area contributed by atoms with Gasteiger partial charge in [0.1, 0.15) is 15.8 Å². The Kier molecular flexibility index (Phi) is 3.37. The minimum absolute atomic E-state index is 0.620. The van der Waals surface area contributed by atoms with Crippen LogP contribution in [0.2, 0.25) is 5.15 Å². The standard InChI is InChI=1S/C6H3Cl2F2NO3S/c7-5-4(15(8,13)14)3(6(9)10)2(12)1-11-5/h1,6,12H. The van der Waals surface area contributed by atoms with Crippen molar-refractivity contribution < 1.29 is 22.3 Å². The molecule has 0 aromatic carbocycles. The molecule has 4 nitrogen and oxygen atoms in total. The van der Waals surface area contributed by atoms with Crippen LogP contribution >= 0.6 is 22.3 Å². The summed E-state index contributed by atoms with van der Waals surface area (Å²) in [5.74, 6) is -0.978. The maximum absolute atomic E-state index is 12.4. The molecule has 0 saturated heterocycles. The first-order chi connectivity index (χ1) is 6.75. The molecule has 84 valence electrons. The van der Waals surface area contributed by atoms with Crippen LogP contribution in [0.25, 0.3) is 0 Å². The molecule has 0 atom stereocenters. The molecule has 0 fully saturated rings. The number of aromatic nitrogens is 1. The minimum Gasteiger partial charge on any atom is -0.506 e. The fourth-order valence-electron chi connectivity index (χ4n) is 0.916. The largest absolute Gasteiger partial charge is 0.506 e. The average Bonchev–Trinajstić information content (AvgIpc) is 2.05. The van der Waals surface area contributed by atoms with Crippen molar-refractivity contribution in [3.05, 3.63) is 16.9 Å². The summed E-state index contributed by atoms with van der Waals surface area (Å²) in [6, 6.07) is 0. The van der Waals surface area contributed by atoms with Crippen molar-refractivity contribution in [1.82, 2.24) is 4.98 Å². The highest BCUT2D eigenvalue weighted by Gasteiger charge is 2.29. The first-order valence-electron chi connectivity index (χ1n) is 3.35. The first kappa shape index (κ1) is 12.4. The first-order valence-corrected chi connectivity index (χ1v) is 6.04. The summed E-state index contributed by atoms with van der Waals surface area (Å²) in [4.78, 5) is 2.14. The molecular weight excluding hydrogens is 275 g/mol. The summed E-state index contributed by atoms with van der Waals surface area (Å²) < 4.78 is 46.7. The van der Waals surface area contributed by atoms with E-state index in [9.17, 15) is 17.2 Å². The van der Waals surface area contributed by atoms with Gasteiger partial charge in [-0.05, 0) is 0 Å². The van der Waals surface area contributed by atoms with Gasteiger partial charge in [0.25, 0.3) is 15.5 Å². The Morgan fingerprint density at radius 1 is 1.47 bits per heavy atom. The molecule has 1 N–H and O–H groups in total. The van der Waals surface area contributed by atoms with Gasteiger partial charge in [0.05, 0.1) is 11.8 Å². The van der Waals surface area contributed by atoms with Crippen LogP contribution < -0.4 is 0 Å². The van der Waals surface area contributed by atoms with E-state index < -0.39 is 36.8 Å². The zero-order valence-electron chi connectivity index (χ0n) is 6.79. The van der Waals surface area contributed by atoms with Gasteiger partial charge in [-0.15, -0.1) is 0 Å². The number of pyridine rings is 1. The minimum atomic E-state index is -4.49. The third-order valence-electron chi connectivity index (χ3n) is 1.47. The number of alkyl halides is 2. The van der Waals surface area contributed by atoms with Gasteiger partial charge >= 0.3 is 0 Å². The Labute approximate surface area is 92.9 Å². The normalized spacial score (nSPS) is 12.1. The van der Waals surface area contributed by atoms with E-state index in [1.807, 2.05) is 0 Å². The van der Waals surface area contributed by atoms with Crippen LogP contribution in [0, 0.1) is 0 Å². The van der Waals surface area contributed by atoms with E-state index in [0.29, 0.717) is 6.20 Å². The van der Waals surface area contributed by atoms with Crippen molar-refractivity contribution in [2.75, 3.05) is 0 Å². The Morgan fingerprint density at radius 3 is 2.33 bits per heavy atom. The van der Waals surface area contributed by atoms with Crippen molar-refractivity contribution in [2.24, 2.45) is 0 Å². The topological polar surface area (TPSA) is 67.3 Å². The highest BCUT2D eigenvalue weighted by Crippen LogP contribution is 2.38. The molecule has 9 heteroatoms. The lowest BCUT2D eigenvalue weighted by molar-refractivity contribution is 0.143. The summed E-state index contributed by atoms with van der Waals surface area (Å²) in [7, 11) is 0.394. The van der Waals surface area contributed by atoms with E-state index in [1.165, 1.54) is 0 Å². The predicted octanol–water partition coefficient (Wildman–Crippen LogP) is 2.31. The molecule has 0 aliphatic rings. The molecule has 0 spiro atoms. The van der Waals surface area contributed by atoms with Gasteiger partial charge in [-0.1, -0.05) is 11.6 Å². The van der Waals surface area contributed by atoms with Crippen LogP contribution in [0.4, 0.5) is 8.78 Å². The third-order valence-corrected chi connectivity index (χ3v) is 3.23. The number of hydrogen-bond acceptors (Lipinski definition) is 4. The zero-order valence-corrected chi connectivity index (χ0v) is 9.11. The summed E-state index contributed by atoms with van der Waals surface area (Å²) in [5.41, 5.74) is -1.15. The fraction of sp³-hybridized carbons (Fsp3) is 0.167. The van der Waals surface area contributed by atoms with Crippen LogP contribution in [-0.2, 0) is 9.05 Å². The van der Waals surface area contributed by atoms with Crippen molar-refractivity contribution >= 4 is 31.3 Å². The van der Waals surface area contributed by atoms with Gasteiger partial charge in [-0.3, -0.25) is 0 Å². The van der Waals surface area contributed by atoms with Crippen LogP contribution in [0.1, 0.15) is 12.0 Å². The Morgan fingerprint density at radius 2 is 2.00 bits per heavy atom. The highest BCUT2D eigenvalue weighted by atomic mass is 35.7. The Balaban J connectivity index is 3.68. The van der Waals surface area contributed by atoms with Gasteiger partial charge in [0.2, 0.25) is 0 Å². The summed E-state index contributed by atoms with van der Waals surface area (Å²) in [6.45, 7) is 0. The number of halogens is 4. The van der Waals surface area contributed by atoms with Crippen LogP contribution in [-0.4, -0.2) is 18.5 Å². The number of nitrogens with zero attached hydrogens (tertiary/aromatic N) is 1. The second-order valence-corrected chi connectivity index (χ2v) is 5.28. The van der Waals surface area contributed by atoms with Gasteiger partial charge in [-0.2, -0.15) is 0 Å². The van der Waals surface area contributed by atoms with Crippen LogP contribution in [0.5, 0.6) is 5.75 Å². The van der Waals surface area contributed by atoms with E-state index in [4.69, 9.17) is 27.4 Å². The predicted molar refractivity (Wildman–Crippen MR) is 48.9 cm³/mol. The maximum atomic E-state index is 12.4. The molecule has 1 heterocycles. The number of rotatable bonds is 2. The molecule has 0 aliphatic carbocycles. The van der Waals surface area contributed by atoms with Crippen molar-refractivity contribution in [1.29, 1.82) is 0 Å². The summed E-state index contributed by atoms with van der Waals surface area (Å²) >= 11 is 5.31.